The number of carboxylic acid groups (broad SMARTS) is 2. The van der Waals surface area contributed by atoms with E-state index < -0.39 is 57.1 Å². The lowest BCUT2D eigenvalue weighted by atomic mass is 9.94. The largest absolute Gasteiger partial charge is 0.480 e. The second-order valence-corrected chi connectivity index (χ2v) is 9.97. The Morgan fingerprint density at radius 2 is 1.61 bits per heavy atom. The Bertz CT molecular complexity index is 697. The van der Waals surface area contributed by atoms with Crippen molar-refractivity contribution in [3.63, 3.8) is 0 Å². The van der Waals surface area contributed by atoms with Gasteiger partial charge in [-0.15, -0.1) is 11.6 Å². The highest BCUT2D eigenvalue weighted by Gasteiger charge is 2.65. The van der Waals surface area contributed by atoms with Crippen molar-refractivity contribution in [2.24, 2.45) is 0 Å². The van der Waals surface area contributed by atoms with Crippen molar-refractivity contribution in [3.05, 3.63) is 0 Å². The Morgan fingerprint density at radius 3 is 2.06 bits per heavy atom. The number of halogens is 5. The van der Waals surface area contributed by atoms with Crippen LogP contribution in [0.25, 0.3) is 0 Å². The summed E-state index contributed by atoms with van der Waals surface area (Å²) >= 11 is 35.1. The van der Waals surface area contributed by atoms with Crippen molar-refractivity contribution in [3.8, 4) is 0 Å². The molecule has 0 aromatic carbocycles. The second-order valence-electron chi connectivity index (χ2n) is 6.87. The number of thiol groups is 1. The zero-order chi connectivity index (χ0) is 24.0. The average molecular weight is 562 g/mol. The van der Waals surface area contributed by atoms with Crippen LogP contribution in [0.1, 0.15) is 32.1 Å². The number of carbonyl (C=O) groups excluding carboxylic acids is 2. The van der Waals surface area contributed by atoms with Gasteiger partial charge in [0, 0.05) is 11.8 Å². The average Bonchev–Trinajstić information content (AvgIpc) is 2.73. The lowest BCUT2D eigenvalue weighted by molar-refractivity contribution is -0.145. The SMILES string of the molecule is O=C(O)CNC(=O)[C@H](CS)NC(=O)C(Cl)C(Cl)(Cl)[C@@](Cl)(C(=O)O)N(Cl)C1CCCCC1. The zero-order valence-electron chi connectivity index (χ0n) is 16.0. The highest BCUT2D eigenvalue weighted by molar-refractivity contribution is 7.80. The first-order chi connectivity index (χ1) is 14.3. The fourth-order valence-electron chi connectivity index (χ4n) is 2.99. The van der Waals surface area contributed by atoms with Gasteiger partial charge in [0.15, 0.2) is 4.33 Å². The van der Waals surface area contributed by atoms with E-state index in [1.54, 1.807) is 0 Å². The van der Waals surface area contributed by atoms with Gasteiger partial charge in [0.05, 0.1) is 0 Å². The predicted molar refractivity (Wildman–Crippen MR) is 121 cm³/mol. The van der Waals surface area contributed by atoms with Crippen LogP contribution in [0.4, 0.5) is 0 Å². The number of hydrogen-bond acceptors (Lipinski definition) is 6. The van der Waals surface area contributed by atoms with E-state index in [2.05, 4.69) is 23.3 Å². The van der Waals surface area contributed by atoms with Crippen LogP contribution in [0.15, 0.2) is 0 Å². The number of nitrogens with zero attached hydrogens (tertiary/aromatic N) is 1. The summed E-state index contributed by atoms with van der Waals surface area (Å²) in [6, 6.07) is -1.78. The molecule has 0 aromatic heterocycles. The first kappa shape index (κ1) is 28.7. The van der Waals surface area contributed by atoms with Crippen molar-refractivity contribution in [2.75, 3.05) is 12.3 Å². The Balaban J connectivity index is 3.05. The molecule has 31 heavy (non-hydrogen) atoms. The molecule has 0 heterocycles. The van der Waals surface area contributed by atoms with Gasteiger partial charge in [0.25, 0.3) is 0 Å². The van der Waals surface area contributed by atoms with E-state index >= 15 is 0 Å². The van der Waals surface area contributed by atoms with Crippen molar-refractivity contribution < 1.29 is 29.4 Å². The van der Waals surface area contributed by atoms with Gasteiger partial charge in [-0.3, -0.25) is 14.4 Å². The third kappa shape index (κ3) is 6.82. The lowest BCUT2D eigenvalue weighted by Gasteiger charge is -2.44. The highest BCUT2D eigenvalue weighted by Crippen LogP contribution is 2.49. The first-order valence-electron chi connectivity index (χ1n) is 9.10. The minimum absolute atomic E-state index is 0.229. The summed E-state index contributed by atoms with van der Waals surface area (Å²) in [5.74, 6) is -5.24. The number of hydrogen-bond donors (Lipinski definition) is 5. The quantitative estimate of drug-likeness (QED) is 0.113. The molecule has 2 amide bonds. The molecule has 1 saturated carbocycles. The van der Waals surface area contributed by atoms with E-state index in [1.807, 2.05) is 0 Å². The van der Waals surface area contributed by atoms with Gasteiger partial charge in [-0.05, 0) is 24.6 Å². The molecule has 1 aliphatic rings. The van der Waals surface area contributed by atoms with Crippen LogP contribution in [-0.4, -0.2) is 77.5 Å². The lowest BCUT2D eigenvalue weighted by Crippen LogP contribution is -2.66. The van der Waals surface area contributed by atoms with E-state index in [0.29, 0.717) is 12.8 Å². The van der Waals surface area contributed by atoms with Crippen LogP contribution in [0, 0.1) is 0 Å². The molecule has 0 bridgehead atoms. The van der Waals surface area contributed by atoms with Gasteiger partial charge in [0.1, 0.15) is 18.0 Å². The molecule has 0 radical (unpaired) electrons. The summed E-state index contributed by atoms with van der Waals surface area (Å²) in [6.07, 6.45) is 3.61. The topological polar surface area (TPSA) is 136 Å². The molecule has 1 fully saturated rings. The Kier molecular flexibility index (Phi) is 11.3. The molecule has 0 aliphatic heterocycles. The minimum Gasteiger partial charge on any atom is -0.480 e. The molecule has 1 aliphatic carbocycles. The van der Waals surface area contributed by atoms with Gasteiger partial charge in [-0.25, -0.2) is 4.79 Å². The van der Waals surface area contributed by atoms with Crippen LogP contribution >= 0.6 is 70.8 Å². The van der Waals surface area contributed by atoms with E-state index in [0.717, 1.165) is 23.7 Å². The number of rotatable bonds is 11. The maximum absolute atomic E-state index is 12.6. The summed E-state index contributed by atoms with van der Waals surface area (Å²) in [5.41, 5.74) is 0. The maximum atomic E-state index is 12.6. The fraction of sp³-hybridized carbons (Fsp3) is 0.750. The summed E-state index contributed by atoms with van der Waals surface area (Å²) in [6.45, 7) is -0.690. The second kappa shape index (κ2) is 12.2. The van der Waals surface area contributed by atoms with Crippen LogP contribution < -0.4 is 10.6 Å². The van der Waals surface area contributed by atoms with E-state index in [1.165, 1.54) is 0 Å². The third-order valence-corrected chi connectivity index (χ3v) is 8.24. The van der Waals surface area contributed by atoms with Crippen molar-refractivity contribution in [1.29, 1.82) is 0 Å². The smallest absolute Gasteiger partial charge is 0.344 e. The van der Waals surface area contributed by atoms with Crippen LogP contribution in [-0.2, 0) is 19.2 Å². The van der Waals surface area contributed by atoms with Crippen molar-refractivity contribution >= 4 is 94.6 Å². The van der Waals surface area contributed by atoms with Gasteiger partial charge < -0.3 is 20.8 Å². The van der Waals surface area contributed by atoms with Crippen LogP contribution in [0.2, 0.25) is 0 Å². The normalized spacial score (nSPS) is 19.2. The number of aliphatic carboxylic acids is 2. The van der Waals surface area contributed by atoms with E-state index in [9.17, 15) is 24.3 Å². The van der Waals surface area contributed by atoms with Gasteiger partial charge in [0.2, 0.25) is 16.8 Å². The predicted octanol–water partition coefficient (Wildman–Crippen LogP) is 2.19. The first-order valence-corrected chi connectivity index (χ1v) is 11.6. The molecule has 178 valence electrons. The Hall–Kier alpha value is -0.360. The minimum atomic E-state index is -2.69. The standard InChI is InChI=1S/C16H22Cl5N3O6S/c17-11(13(28)23-9(7-31)12(27)22-6-10(25)26)15(18,19)16(20,14(29)30)24(21)8-4-2-1-3-5-8/h8-9,11,31H,1-7H2,(H,22,27)(H,23,28)(H,25,26)(H,29,30)/t9-,11?,16+/m0/s1. The molecule has 0 aromatic rings. The highest BCUT2D eigenvalue weighted by atomic mass is 35.5. The molecule has 1 rings (SSSR count). The molecule has 1 unspecified atom stereocenters. The molecule has 0 spiro atoms. The van der Waals surface area contributed by atoms with Gasteiger partial charge in [-0.2, -0.15) is 17.0 Å². The summed E-state index contributed by atoms with van der Waals surface area (Å²) in [5, 5.41) is 20.7. The molecule has 4 N–H and O–H groups in total. The molecular weight excluding hydrogens is 540 g/mol. The molecule has 15 heteroatoms. The van der Waals surface area contributed by atoms with Crippen LogP contribution in [0.3, 0.4) is 0 Å². The molecule has 3 atom stereocenters. The summed E-state index contributed by atoms with van der Waals surface area (Å²) in [4.78, 5) is 44.6. The monoisotopic (exact) mass is 559 g/mol. The van der Waals surface area contributed by atoms with Crippen molar-refractivity contribution in [2.45, 2.75) is 58.9 Å². The maximum Gasteiger partial charge on any atom is 0.344 e. The Morgan fingerprint density at radius 1 is 1.06 bits per heavy atom. The third-order valence-electron chi connectivity index (χ3n) is 4.69. The number of nitrogens with one attached hydrogen (secondary N) is 2. The van der Waals surface area contributed by atoms with Crippen LogP contribution in [0.5, 0.6) is 0 Å². The van der Waals surface area contributed by atoms with Gasteiger partial charge in [-0.1, -0.05) is 54.1 Å². The van der Waals surface area contributed by atoms with Gasteiger partial charge >= 0.3 is 11.9 Å². The number of alkyl halides is 4. The molecule has 0 saturated heterocycles. The fourth-order valence-corrected chi connectivity index (χ4v) is 4.80. The Labute approximate surface area is 209 Å². The number of carbonyl (C=O) groups is 4. The molecule has 9 nitrogen and oxygen atoms in total. The molecular formula is C16H22Cl5N3O6S. The van der Waals surface area contributed by atoms with E-state index in [-0.39, 0.29) is 5.75 Å². The van der Waals surface area contributed by atoms with E-state index in [4.69, 9.17) is 63.3 Å². The number of amides is 2. The zero-order valence-corrected chi connectivity index (χ0v) is 20.7. The summed E-state index contributed by atoms with van der Waals surface area (Å²) < 4.78 is -1.86. The summed E-state index contributed by atoms with van der Waals surface area (Å²) in [7, 11) is 0. The number of carboxylic acids is 2. The van der Waals surface area contributed by atoms with Crippen molar-refractivity contribution in [1.82, 2.24) is 15.1 Å².